The average molecular weight is 352 g/mol. The maximum Gasteiger partial charge on any atom is 0.0391 e. The van der Waals surface area contributed by atoms with E-state index in [0.717, 1.165) is 25.3 Å². The van der Waals surface area contributed by atoms with Crippen molar-refractivity contribution >= 4 is 0 Å². The molecule has 0 fully saturated rings. The molecule has 1 atom stereocenters. The Morgan fingerprint density at radius 3 is 2.42 bits per heavy atom. The van der Waals surface area contributed by atoms with Gasteiger partial charge in [0.1, 0.15) is 0 Å². The molecule has 2 aliphatic rings. The molecule has 142 valence electrons. The summed E-state index contributed by atoms with van der Waals surface area (Å²) < 4.78 is 0. The largest absolute Gasteiger partial charge is 0.291 e. The van der Waals surface area contributed by atoms with Crippen molar-refractivity contribution in [2.75, 3.05) is 6.54 Å². The quantitative estimate of drug-likeness (QED) is 0.606. The zero-order chi connectivity index (χ0) is 18.8. The Bertz CT molecular complexity index is 720. The van der Waals surface area contributed by atoms with Crippen molar-refractivity contribution in [3.63, 3.8) is 0 Å². The van der Waals surface area contributed by atoms with E-state index in [0.29, 0.717) is 6.04 Å². The van der Waals surface area contributed by atoms with E-state index in [-0.39, 0.29) is 0 Å². The smallest absolute Gasteiger partial charge is 0.0391 e. The number of hydrogen-bond donors (Lipinski definition) is 0. The van der Waals surface area contributed by atoms with Crippen LogP contribution in [0.25, 0.3) is 0 Å². The second-order valence-corrected chi connectivity index (χ2v) is 8.81. The van der Waals surface area contributed by atoms with Crippen LogP contribution in [0.4, 0.5) is 0 Å². The molecule has 26 heavy (non-hydrogen) atoms. The lowest BCUT2D eigenvalue weighted by atomic mass is 9.80. The molecule has 1 aromatic rings. The number of hydrogen-bond acceptors (Lipinski definition) is 1. The first-order valence-electron chi connectivity index (χ1n) is 10.7. The molecule has 0 aromatic heterocycles. The standard InChI is InChI=1S/C25H37N/c1-7-20-9-10-21(8-2)24-16-26-12-11-19(6)22(25(26)15-23(20)24)14-18(5)13-17(3)4/h9-10,14,17,25H,7-8,11-13,15-16H2,1-6H3/b18-14+. The molecule has 1 unspecified atom stereocenters. The summed E-state index contributed by atoms with van der Waals surface area (Å²) in [4.78, 5) is 2.75. The Balaban J connectivity index is 1.99. The van der Waals surface area contributed by atoms with Crippen molar-refractivity contribution in [2.24, 2.45) is 5.92 Å². The van der Waals surface area contributed by atoms with Gasteiger partial charge in [-0.3, -0.25) is 4.90 Å². The number of fused-ring (bicyclic) bond motifs is 2. The van der Waals surface area contributed by atoms with Gasteiger partial charge in [-0.25, -0.2) is 0 Å². The first-order valence-corrected chi connectivity index (χ1v) is 10.7. The molecule has 1 heteroatoms. The Morgan fingerprint density at radius 1 is 1.15 bits per heavy atom. The van der Waals surface area contributed by atoms with Crippen LogP contribution in [0, 0.1) is 5.92 Å². The topological polar surface area (TPSA) is 3.24 Å². The van der Waals surface area contributed by atoms with E-state index in [1.165, 1.54) is 25.8 Å². The van der Waals surface area contributed by atoms with Crippen LogP contribution in [-0.2, 0) is 25.8 Å². The molecule has 2 aliphatic heterocycles. The van der Waals surface area contributed by atoms with Crippen LogP contribution in [0.2, 0.25) is 0 Å². The van der Waals surface area contributed by atoms with Crippen molar-refractivity contribution < 1.29 is 0 Å². The van der Waals surface area contributed by atoms with Gasteiger partial charge in [0.25, 0.3) is 0 Å². The van der Waals surface area contributed by atoms with Gasteiger partial charge in [-0.1, -0.05) is 57.0 Å². The van der Waals surface area contributed by atoms with E-state index in [2.05, 4.69) is 64.7 Å². The monoisotopic (exact) mass is 351 g/mol. The lowest BCUT2D eigenvalue weighted by Gasteiger charge is -2.43. The molecule has 0 radical (unpaired) electrons. The Labute approximate surface area is 161 Å². The SMILES string of the molecule is CCc1ccc(CC)c2c1CC1C(/C=C(\C)CC(C)C)=C(C)CCN1C2. The summed E-state index contributed by atoms with van der Waals surface area (Å²) in [6.45, 7) is 16.3. The van der Waals surface area contributed by atoms with Crippen molar-refractivity contribution in [3.8, 4) is 0 Å². The minimum absolute atomic E-state index is 0.579. The molecule has 0 bridgehead atoms. The normalized spacial score (nSPS) is 21.2. The molecule has 0 saturated heterocycles. The minimum Gasteiger partial charge on any atom is -0.291 e. The molecule has 1 nitrogen and oxygen atoms in total. The van der Waals surface area contributed by atoms with E-state index in [4.69, 9.17) is 0 Å². The Hall–Kier alpha value is -1.34. The summed E-state index contributed by atoms with van der Waals surface area (Å²) in [6.07, 6.45) is 8.47. The van der Waals surface area contributed by atoms with Gasteiger partial charge in [-0.15, -0.1) is 0 Å². The van der Waals surface area contributed by atoms with Crippen molar-refractivity contribution in [2.45, 2.75) is 86.2 Å². The summed E-state index contributed by atoms with van der Waals surface area (Å²) >= 11 is 0. The molecule has 0 aliphatic carbocycles. The molecule has 1 aromatic carbocycles. The fourth-order valence-corrected chi connectivity index (χ4v) is 5.01. The van der Waals surface area contributed by atoms with Crippen molar-refractivity contribution in [3.05, 3.63) is 57.2 Å². The van der Waals surface area contributed by atoms with E-state index >= 15 is 0 Å². The highest BCUT2D eigenvalue weighted by molar-refractivity contribution is 5.47. The summed E-state index contributed by atoms with van der Waals surface area (Å²) in [5.74, 6) is 0.734. The highest BCUT2D eigenvalue weighted by Gasteiger charge is 2.33. The highest BCUT2D eigenvalue weighted by Crippen LogP contribution is 2.37. The number of nitrogens with zero attached hydrogens (tertiary/aromatic N) is 1. The second kappa shape index (κ2) is 8.13. The third kappa shape index (κ3) is 3.83. The molecule has 0 amide bonds. The van der Waals surface area contributed by atoms with Crippen LogP contribution >= 0.6 is 0 Å². The van der Waals surface area contributed by atoms with Crippen molar-refractivity contribution in [1.82, 2.24) is 4.90 Å². The van der Waals surface area contributed by atoms with Gasteiger partial charge >= 0.3 is 0 Å². The Kier molecular flexibility index (Phi) is 6.07. The Morgan fingerprint density at radius 2 is 1.81 bits per heavy atom. The predicted octanol–water partition coefficient (Wildman–Crippen LogP) is 6.25. The molecule has 0 spiro atoms. The zero-order valence-electron chi connectivity index (χ0n) is 17.8. The number of aryl methyl sites for hydroxylation is 2. The second-order valence-electron chi connectivity index (χ2n) is 8.81. The van der Waals surface area contributed by atoms with Gasteiger partial charge in [0.05, 0.1) is 0 Å². The van der Waals surface area contributed by atoms with Crippen LogP contribution in [0.5, 0.6) is 0 Å². The molecule has 3 rings (SSSR count). The lowest BCUT2D eigenvalue weighted by Crippen LogP contribution is -2.45. The predicted molar refractivity (Wildman–Crippen MR) is 114 cm³/mol. The fraction of sp³-hybridized carbons (Fsp3) is 0.600. The van der Waals surface area contributed by atoms with Crippen LogP contribution in [0.1, 0.15) is 76.6 Å². The number of rotatable bonds is 5. The van der Waals surface area contributed by atoms with Gasteiger partial charge in [0.2, 0.25) is 0 Å². The summed E-state index contributed by atoms with van der Waals surface area (Å²) in [5.41, 5.74) is 11.2. The zero-order valence-corrected chi connectivity index (χ0v) is 17.8. The fourth-order valence-electron chi connectivity index (χ4n) is 5.01. The maximum atomic E-state index is 2.75. The third-order valence-electron chi connectivity index (χ3n) is 6.34. The van der Waals surface area contributed by atoms with Gasteiger partial charge < -0.3 is 0 Å². The van der Waals surface area contributed by atoms with Crippen LogP contribution < -0.4 is 0 Å². The lowest BCUT2D eigenvalue weighted by molar-refractivity contribution is 0.186. The minimum atomic E-state index is 0.579. The molecule has 0 saturated carbocycles. The van der Waals surface area contributed by atoms with Crippen LogP contribution in [0.3, 0.4) is 0 Å². The summed E-state index contributed by atoms with van der Waals surface area (Å²) in [7, 11) is 0. The van der Waals surface area contributed by atoms with E-state index in [9.17, 15) is 0 Å². The van der Waals surface area contributed by atoms with E-state index < -0.39 is 0 Å². The van der Waals surface area contributed by atoms with Crippen LogP contribution in [0.15, 0.2) is 34.9 Å². The van der Waals surface area contributed by atoms with Crippen LogP contribution in [-0.4, -0.2) is 17.5 Å². The molecule has 0 N–H and O–H groups in total. The molecular weight excluding hydrogens is 314 g/mol. The summed E-state index contributed by atoms with van der Waals surface area (Å²) in [5, 5.41) is 0. The summed E-state index contributed by atoms with van der Waals surface area (Å²) in [6, 6.07) is 5.36. The maximum absolute atomic E-state index is 2.75. The van der Waals surface area contributed by atoms with Gasteiger partial charge in [0.15, 0.2) is 0 Å². The first kappa shape index (κ1) is 19.4. The third-order valence-corrected chi connectivity index (χ3v) is 6.34. The van der Waals surface area contributed by atoms with Crippen molar-refractivity contribution in [1.29, 1.82) is 0 Å². The first-order chi connectivity index (χ1) is 12.4. The van der Waals surface area contributed by atoms with Gasteiger partial charge in [0, 0.05) is 19.1 Å². The average Bonchev–Trinajstić information content (AvgIpc) is 2.61. The van der Waals surface area contributed by atoms with E-state index in [1.54, 1.807) is 39.0 Å². The number of benzene rings is 1. The van der Waals surface area contributed by atoms with Gasteiger partial charge in [-0.05, 0) is 79.7 Å². The van der Waals surface area contributed by atoms with Gasteiger partial charge in [-0.2, -0.15) is 0 Å². The number of allylic oxidation sites excluding steroid dienone is 1. The molecule has 2 heterocycles. The molecular formula is C25H37N. The highest BCUT2D eigenvalue weighted by atomic mass is 15.2. The van der Waals surface area contributed by atoms with E-state index in [1.807, 2.05) is 0 Å².